The molecule has 2 fully saturated rings. The molecule has 1 aromatic rings. The van der Waals surface area contributed by atoms with Gasteiger partial charge in [0, 0.05) is 17.0 Å². The summed E-state index contributed by atoms with van der Waals surface area (Å²) in [6, 6.07) is 4.84. The van der Waals surface area contributed by atoms with Gasteiger partial charge in [-0.15, -0.1) is 0 Å². The van der Waals surface area contributed by atoms with Gasteiger partial charge >= 0.3 is 0 Å². The fourth-order valence-electron chi connectivity index (χ4n) is 3.36. The van der Waals surface area contributed by atoms with E-state index in [1.807, 2.05) is 0 Å². The molecule has 3 nitrogen and oxygen atoms in total. The average molecular weight is 285 g/mol. The maximum atomic E-state index is 13.8. The minimum Gasteiger partial charge on any atom is -0.375 e. The van der Waals surface area contributed by atoms with Crippen LogP contribution in [0.1, 0.15) is 24.8 Å². The van der Waals surface area contributed by atoms with Gasteiger partial charge in [0.1, 0.15) is 5.82 Å². The van der Waals surface area contributed by atoms with Gasteiger partial charge in [-0.1, -0.05) is 17.7 Å². The van der Waals surface area contributed by atoms with Crippen LogP contribution in [0.3, 0.4) is 0 Å². The molecular weight excluding hydrogens is 267 g/mol. The van der Waals surface area contributed by atoms with Crippen LogP contribution in [-0.2, 0) is 11.2 Å². The van der Waals surface area contributed by atoms with Gasteiger partial charge in [-0.2, -0.15) is 0 Å². The number of halogens is 2. The van der Waals surface area contributed by atoms with E-state index in [0.717, 1.165) is 19.3 Å². The van der Waals surface area contributed by atoms with E-state index in [4.69, 9.17) is 22.2 Å². The standard InChI is InChI=1S/C14H18ClFN2O/c15-9-2-1-8(12(16)6-9)5-13(18-17)11-7-10-3-4-14(11)19-10/h1-2,6,10-11,13-14,18H,3-5,7,17H2. The van der Waals surface area contributed by atoms with Gasteiger partial charge in [-0.25, -0.2) is 4.39 Å². The average Bonchev–Trinajstić information content (AvgIpc) is 3.00. The van der Waals surface area contributed by atoms with Crippen LogP contribution in [0.25, 0.3) is 0 Å². The maximum Gasteiger partial charge on any atom is 0.127 e. The predicted molar refractivity (Wildman–Crippen MR) is 72.2 cm³/mol. The van der Waals surface area contributed by atoms with Crippen LogP contribution in [-0.4, -0.2) is 18.2 Å². The second kappa shape index (κ2) is 5.37. The van der Waals surface area contributed by atoms with Crippen molar-refractivity contribution in [3.05, 3.63) is 34.6 Å². The molecule has 2 bridgehead atoms. The zero-order valence-electron chi connectivity index (χ0n) is 10.6. The lowest BCUT2D eigenvalue weighted by atomic mass is 9.81. The van der Waals surface area contributed by atoms with E-state index in [9.17, 15) is 4.39 Å². The number of fused-ring (bicyclic) bond motifs is 2. The van der Waals surface area contributed by atoms with Gasteiger partial charge in [-0.05, 0) is 43.4 Å². The minimum atomic E-state index is -0.267. The summed E-state index contributed by atoms with van der Waals surface area (Å²) in [7, 11) is 0. The molecule has 1 aromatic carbocycles. The number of hydrogen-bond acceptors (Lipinski definition) is 3. The third kappa shape index (κ3) is 2.63. The summed E-state index contributed by atoms with van der Waals surface area (Å²) in [6.07, 6.45) is 4.48. The fourth-order valence-corrected chi connectivity index (χ4v) is 3.52. The Labute approximate surface area is 117 Å². The number of nitrogens with two attached hydrogens (primary N) is 1. The van der Waals surface area contributed by atoms with Crippen molar-refractivity contribution in [3.63, 3.8) is 0 Å². The smallest absolute Gasteiger partial charge is 0.127 e. The normalized spacial score (nSPS) is 30.8. The molecule has 0 radical (unpaired) electrons. The Bertz CT molecular complexity index is 471. The van der Waals surface area contributed by atoms with Crippen molar-refractivity contribution in [3.8, 4) is 0 Å². The molecule has 4 atom stereocenters. The van der Waals surface area contributed by atoms with Crippen molar-refractivity contribution in [1.29, 1.82) is 0 Å². The van der Waals surface area contributed by atoms with Crippen LogP contribution < -0.4 is 11.3 Å². The van der Waals surface area contributed by atoms with Crippen LogP contribution in [0, 0.1) is 11.7 Å². The molecule has 19 heavy (non-hydrogen) atoms. The molecule has 5 heteroatoms. The number of rotatable bonds is 4. The summed E-state index contributed by atoms with van der Waals surface area (Å²) in [5.41, 5.74) is 3.49. The molecule has 3 rings (SSSR count). The minimum absolute atomic E-state index is 0.0472. The first-order chi connectivity index (χ1) is 9.17. The lowest BCUT2D eigenvalue weighted by Crippen LogP contribution is -2.45. The second-order valence-corrected chi connectivity index (χ2v) is 5.92. The van der Waals surface area contributed by atoms with Crippen LogP contribution in [0.2, 0.25) is 5.02 Å². The summed E-state index contributed by atoms with van der Waals surface area (Å²) < 4.78 is 19.7. The molecule has 4 unspecified atom stereocenters. The van der Waals surface area contributed by atoms with E-state index in [2.05, 4.69) is 5.43 Å². The van der Waals surface area contributed by atoms with Crippen molar-refractivity contribution >= 4 is 11.6 Å². The molecule has 2 aliphatic heterocycles. The third-order valence-electron chi connectivity index (χ3n) is 4.34. The Morgan fingerprint density at radius 2 is 2.32 bits per heavy atom. The van der Waals surface area contributed by atoms with E-state index in [-0.39, 0.29) is 18.0 Å². The topological polar surface area (TPSA) is 47.3 Å². The highest BCUT2D eigenvalue weighted by molar-refractivity contribution is 6.30. The Hall–Kier alpha value is -0.680. The number of ether oxygens (including phenoxy) is 1. The zero-order valence-corrected chi connectivity index (χ0v) is 11.4. The summed E-state index contributed by atoms with van der Waals surface area (Å²) in [5.74, 6) is 5.77. The lowest BCUT2D eigenvalue weighted by molar-refractivity contribution is 0.0856. The fraction of sp³-hybridized carbons (Fsp3) is 0.571. The first-order valence-electron chi connectivity index (χ1n) is 6.73. The Morgan fingerprint density at radius 1 is 1.47 bits per heavy atom. The number of hydrogen-bond donors (Lipinski definition) is 2. The second-order valence-electron chi connectivity index (χ2n) is 5.49. The molecule has 0 aliphatic carbocycles. The molecular formula is C14H18ClFN2O. The van der Waals surface area contributed by atoms with E-state index >= 15 is 0 Å². The molecule has 2 heterocycles. The molecule has 0 spiro atoms. The van der Waals surface area contributed by atoms with Gasteiger partial charge in [0.2, 0.25) is 0 Å². The quantitative estimate of drug-likeness (QED) is 0.659. The molecule has 104 valence electrons. The maximum absolute atomic E-state index is 13.8. The third-order valence-corrected chi connectivity index (χ3v) is 4.57. The molecule has 0 saturated carbocycles. The Balaban J connectivity index is 1.73. The molecule has 2 saturated heterocycles. The van der Waals surface area contributed by atoms with E-state index in [0.29, 0.717) is 29.0 Å². The largest absolute Gasteiger partial charge is 0.375 e. The Kier molecular flexibility index (Phi) is 3.76. The van der Waals surface area contributed by atoms with Crippen molar-refractivity contribution in [2.45, 2.75) is 43.9 Å². The Morgan fingerprint density at radius 3 is 2.89 bits per heavy atom. The lowest BCUT2D eigenvalue weighted by Gasteiger charge is -2.28. The van der Waals surface area contributed by atoms with E-state index in [1.165, 1.54) is 6.07 Å². The SMILES string of the molecule is NNC(Cc1ccc(Cl)cc1F)C1CC2CCC1O2. The van der Waals surface area contributed by atoms with Gasteiger partial charge in [0.15, 0.2) is 0 Å². The zero-order chi connectivity index (χ0) is 13.4. The van der Waals surface area contributed by atoms with Crippen LogP contribution in [0.15, 0.2) is 18.2 Å². The van der Waals surface area contributed by atoms with Crippen molar-refractivity contribution in [1.82, 2.24) is 5.43 Å². The predicted octanol–water partition coefficient (Wildman–Crippen LogP) is 2.42. The van der Waals surface area contributed by atoms with Gasteiger partial charge in [0.25, 0.3) is 0 Å². The summed E-state index contributed by atoms with van der Waals surface area (Å²) >= 11 is 5.77. The first-order valence-corrected chi connectivity index (χ1v) is 7.10. The monoisotopic (exact) mass is 284 g/mol. The van der Waals surface area contributed by atoms with Crippen LogP contribution >= 0.6 is 11.6 Å². The molecule has 0 aromatic heterocycles. The first kappa shape index (κ1) is 13.3. The van der Waals surface area contributed by atoms with E-state index in [1.54, 1.807) is 12.1 Å². The highest BCUT2D eigenvalue weighted by Gasteiger charge is 2.44. The highest BCUT2D eigenvalue weighted by atomic mass is 35.5. The van der Waals surface area contributed by atoms with Crippen LogP contribution in [0.5, 0.6) is 0 Å². The number of hydrazine groups is 1. The summed E-state index contributed by atoms with van der Waals surface area (Å²) in [4.78, 5) is 0. The number of benzene rings is 1. The summed E-state index contributed by atoms with van der Waals surface area (Å²) in [6.45, 7) is 0. The van der Waals surface area contributed by atoms with E-state index < -0.39 is 0 Å². The molecule has 0 amide bonds. The summed E-state index contributed by atoms with van der Waals surface area (Å²) in [5, 5.41) is 0.418. The van der Waals surface area contributed by atoms with Gasteiger partial charge in [0.05, 0.1) is 12.2 Å². The van der Waals surface area contributed by atoms with Crippen LogP contribution in [0.4, 0.5) is 4.39 Å². The van der Waals surface area contributed by atoms with Crippen molar-refractivity contribution in [2.24, 2.45) is 11.8 Å². The number of nitrogens with one attached hydrogen (secondary N) is 1. The van der Waals surface area contributed by atoms with Crippen molar-refractivity contribution < 1.29 is 9.13 Å². The molecule has 3 N–H and O–H groups in total. The highest BCUT2D eigenvalue weighted by Crippen LogP contribution is 2.41. The van der Waals surface area contributed by atoms with Gasteiger partial charge in [-0.3, -0.25) is 11.3 Å². The molecule has 2 aliphatic rings. The van der Waals surface area contributed by atoms with Gasteiger partial charge < -0.3 is 4.74 Å². The van der Waals surface area contributed by atoms with Crippen molar-refractivity contribution in [2.75, 3.05) is 0 Å².